The largest absolute Gasteiger partial charge is 0.480 e. The predicted molar refractivity (Wildman–Crippen MR) is 106 cm³/mol. The van der Waals surface area contributed by atoms with E-state index in [2.05, 4.69) is 10.6 Å². The minimum atomic E-state index is -1.22. The molecule has 0 unspecified atom stereocenters. The summed E-state index contributed by atoms with van der Waals surface area (Å²) in [6, 6.07) is 9.91. The van der Waals surface area contributed by atoms with E-state index >= 15 is 0 Å². The van der Waals surface area contributed by atoms with Crippen molar-refractivity contribution in [1.29, 1.82) is 0 Å². The Hall–Kier alpha value is -2.77. The van der Waals surface area contributed by atoms with Gasteiger partial charge in [-0.15, -0.1) is 0 Å². The molecule has 0 saturated heterocycles. The quantitative estimate of drug-likeness (QED) is 0.622. The normalized spacial score (nSPS) is 11.4. The standard InChI is InChI=1S/C19H18Cl2N2O5/c1-2-28-19(27)22-12-6-3-5-11(9-12)10-15(18(25)26)23-17(24)16-13(20)7-4-8-14(16)21/h3-9,15H,2,10H2,1H3,(H,22,27)(H,23,24)(H,25,26)/t15-/m0/s1. The van der Waals surface area contributed by atoms with Gasteiger partial charge in [-0.05, 0) is 36.8 Å². The van der Waals surface area contributed by atoms with Gasteiger partial charge in [-0.25, -0.2) is 9.59 Å². The Bertz CT molecular complexity index is 868. The highest BCUT2D eigenvalue weighted by Crippen LogP contribution is 2.24. The number of amides is 2. The highest BCUT2D eigenvalue weighted by Gasteiger charge is 2.24. The Kier molecular flexibility index (Phi) is 7.66. The number of rotatable bonds is 7. The third kappa shape index (κ3) is 5.87. The van der Waals surface area contributed by atoms with Gasteiger partial charge in [0, 0.05) is 12.1 Å². The van der Waals surface area contributed by atoms with Crippen LogP contribution in [0.15, 0.2) is 42.5 Å². The first-order valence-corrected chi connectivity index (χ1v) is 9.07. The molecule has 28 heavy (non-hydrogen) atoms. The van der Waals surface area contributed by atoms with E-state index in [0.29, 0.717) is 11.3 Å². The minimum Gasteiger partial charge on any atom is -0.480 e. The summed E-state index contributed by atoms with van der Waals surface area (Å²) in [6.45, 7) is 1.91. The Labute approximate surface area is 171 Å². The van der Waals surface area contributed by atoms with Crippen molar-refractivity contribution in [3.8, 4) is 0 Å². The smallest absolute Gasteiger partial charge is 0.411 e. The zero-order valence-corrected chi connectivity index (χ0v) is 16.4. The van der Waals surface area contributed by atoms with Crippen molar-refractivity contribution in [1.82, 2.24) is 5.32 Å². The van der Waals surface area contributed by atoms with Crippen molar-refractivity contribution in [3.05, 3.63) is 63.6 Å². The number of aliphatic carboxylic acids is 1. The lowest BCUT2D eigenvalue weighted by Crippen LogP contribution is -2.42. The lowest BCUT2D eigenvalue weighted by molar-refractivity contribution is -0.139. The highest BCUT2D eigenvalue weighted by molar-refractivity contribution is 6.39. The van der Waals surface area contributed by atoms with Crippen molar-refractivity contribution in [2.75, 3.05) is 11.9 Å². The monoisotopic (exact) mass is 424 g/mol. The molecule has 1 atom stereocenters. The molecule has 0 aliphatic rings. The predicted octanol–water partition coefficient (Wildman–Crippen LogP) is 3.99. The van der Waals surface area contributed by atoms with Gasteiger partial charge in [-0.2, -0.15) is 0 Å². The van der Waals surface area contributed by atoms with Crippen molar-refractivity contribution in [2.24, 2.45) is 0 Å². The van der Waals surface area contributed by atoms with Gasteiger partial charge in [0.1, 0.15) is 6.04 Å². The first-order valence-electron chi connectivity index (χ1n) is 8.32. The molecule has 2 amide bonds. The van der Waals surface area contributed by atoms with Crippen molar-refractivity contribution < 1.29 is 24.2 Å². The second-order valence-electron chi connectivity index (χ2n) is 5.71. The topological polar surface area (TPSA) is 105 Å². The summed E-state index contributed by atoms with van der Waals surface area (Å²) in [5, 5.41) is 14.7. The summed E-state index contributed by atoms with van der Waals surface area (Å²) < 4.78 is 4.80. The summed E-state index contributed by atoms with van der Waals surface area (Å²) in [5.74, 6) is -1.91. The fourth-order valence-corrected chi connectivity index (χ4v) is 3.01. The lowest BCUT2D eigenvalue weighted by Gasteiger charge is -2.16. The second-order valence-corrected chi connectivity index (χ2v) is 6.53. The van der Waals surface area contributed by atoms with E-state index in [1.54, 1.807) is 37.3 Å². The number of benzene rings is 2. The molecule has 3 N–H and O–H groups in total. The van der Waals surface area contributed by atoms with Gasteiger partial charge in [0.25, 0.3) is 5.91 Å². The van der Waals surface area contributed by atoms with Crippen LogP contribution in [0.2, 0.25) is 10.0 Å². The number of carbonyl (C=O) groups is 3. The van der Waals surface area contributed by atoms with Crippen molar-refractivity contribution in [3.63, 3.8) is 0 Å². The molecule has 0 aromatic heterocycles. The molecule has 7 nitrogen and oxygen atoms in total. The van der Waals surface area contributed by atoms with Crippen LogP contribution in [0.5, 0.6) is 0 Å². The summed E-state index contributed by atoms with van der Waals surface area (Å²) in [5.41, 5.74) is 1.04. The van der Waals surface area contributed by atoms with Gasteiger partial charge >= 0.3 is 12.1 Å². The number of ether oxygens (including phenoxy) is 1. The van der Waals surface area contributed by atoms with E-state index < -0.39 is 24.0 Å². The maximum Gasteiger partial charge on any atom is 0.411 e. The van der Waals surface area contributed by atoms with Crippen LogP contribution in [-0.2, 0) is 16.0 Å². The van der Waals surface area contributed by atoms with Gasteiger partial charge in [0.15, 0.2) is 0 Å². The van der Waals surface area contributed by atoms with Crippen LogP contribution in [0, 0.1) is 0 Å². The van der Waals surface area contributed by atoms with Crippen LogP contribution in [0.4, 0.5) is 10.5 Å². The second kappa shape index (κ2) is 9.96. The molecule has 2 aromatic carbocycles. The van der Waals surface area contributed by atoms with Gasteiger partial charge in [-0.3, -0.25) is 10.1 Å². The van der Waals surface area contributed by atoms with Gasteiger partial charge in [0.05, 0.1) is 22.2 Å². The summed E-state index contributed by atoms with van der Waals surface area (Å²) in [7, 11) is 0. The zero-order chi connectivity index (χ0) is 20.7. The fraction of sp³-hybridized carbons (Fsp3) is 0.211. The number of nitrogens with one attached hydrogen (secondary N) is 2. The SMILES string of the molecule is CCOC(=O)Nc1cccc(C[C@H](NC(=O)c2c(Cl)cccc2Cl)C(=O)O)c1. The Morgan fingerprint density at radius 3 is 2.36 bits per heavy atom. The Morgan fingerprint density at radius 1 is 1.11 bits per heavy atom. The number of carboxylic acid groups (broad SMARTS) is 1. The van der Waals surface area contributed by atoms with E-state index in [4.69, 9.17) is 27.9 Å². The van der Waals surface area contributed by atoms with Crippen molar-refractivity contribution >= 4 is 46.9 Å². The van der Waals surface area contributed by atoms with Crippen molar-refractivity contribution in [2.45, 2.75) is 19.4 Å². The van der Waals surface area contributed by atoms with Crippen LogP contribution < -0.4 is 10.6 Å². The molecule has 0 radical (unpaired) electrons. The van der Waals surface area contributed by atoms with Crippen LogP contribution in [0.25, 0.3) is 0 Å². The maximum atomic E-state index is 12.5. The summed E-state index contributed by atoms with van der Waals surface area (Å²) in [4.78, 5) is 35.6. The number of hydrogen-bond acceptors (Lipinski definition) is 4. The van der Waals surface area contributed by atoms with Crippen LogP contribution in [-0.4, -0.2) is 35.7 Å². The highest BCUT2D eigenvalue weighted by atomic mass is 35.5. The summed E-state index contributed by atoms with van der Waals surface area (Å²) >= 11 is 12.0. The van der Waals surface area contributed by atoms with E-state index in [0.717, 1.165) is 0 Å². The number of anilines is 1. The maximum absolute atomic E-state index is 12.5. The molecule has 0 saturated carbocycles. The summed E-state index contributed by atoms with van der Waals surface area (Å²) in [6.07, 6.45) is -0.627. The Balaban J connectivity index is 2.14. The number of carboxylic acids is 1. The molecular formula is C19H18Cl2N2O5. The first-order chi connectivity index (χ1) is 13.3. The molecule has 2 rings (SSSR count). The molecule has 0 bridgehead atoms. The fourth-order valence-electron chi connectivity index (χ4n) is 2.44. The van der Waals surface area contributed by atoms with Gasteiger partial charge in [0.2, 0.25) is 0 Å². The molecule has 0 fully saturated rings. The number of hydrogen-bond donors (Lipinski definition) is 3. The molecule has 148 valence electrons. The van der Waals surface area contributed by atoms with E-state index in [-0.39, 0.29) is 28.6 Å². The molecule has 0 aliphatic carbocycles. The van der Waals surface area contributed by atoms with E-state index in [9.17, 15) is 19.5 Å². The van der Waals surface area contributed by atoms with Crippen LogP contribution in [0.3, 0.4) is 0 Å². The molecule has 0 heterocycles. The first kappa shape index (κ1) is 21.5. The minimum absolute atomic E-state index is 0.00908. The molecule has 2 aromatic rings. The van der Waals surface area contributed by atoms with E-state index in [1.165, 1.54) is 12.1 Å². The van der Waals surface area contributed by atoms with Gasteiger partial charge in [-0.1, -0.05) is 41.4 Å². The third-order valence-electron chi connectivity index (χ3n) is 3.68. The molecule has 0 spiro atoms. The van der Waals surface area contributed by atoms with Crippen LogP contribution in [0.1, 0.15) is 22.8 Å². The average Bonchev–Trinajstić information content (AvgIpc) is 2.61. The molecular weight excluding hydrogens is 407 g/mol. The molecule has 9 heteroatoms. The van der Waals surface area contributed by atoms with E-state index in [1.807, 2.05) is 0 Å². The third-order valence-corrected chi connectivity index (χ3v) is 4.31. The Morgan fingerprint density at radius 2 is 1.75 bits per heavy atom. The average molecular weight is 425 g/mol. The number of carbonyl (C=O) groups excluding carboxylic acids is 2. The lowest BCUT2D eigenvalue weighted by atomic mass is 10.0. The zero-order valence-electron chi connectivity index (χ0n) is 14.9. The van der Waals surface area contributed by atoms with Gasteiger partial charge < -0.3 is 15.2 Å². The number of halogens is 2. The molecule has 0 aliphatic heterocycles. The van der Waals surface area contributed by atoms with Crippen LogP contribution >= 0.6 is 23.2 Å².